The Bertz CT molecular complexity index is 428. The molecule has 2 N–H and O–H groups in total. The van der Waals surface area contributed by atoms with Crippen LogP contribution < -0.4 is 5.32 Å². The van der Waals surface area contributed by atoms with Crippen molar-refractivity contribution >= 4 is 34.2 Å². The van der Waals surface area contributed by atoms with Gasteiger partial charge in [-0.15, -0.1) is 0 Å². The van der Waals surface area contributed by atoms with Crippen molar-refractivity contribution in [3.63, 3.8) is 0 Å². The lowest BCUT2D eigenvalue weighted by Crippen LogP contribution is -2.12. The molecular weight excluding hydrogens is 234 g/mol. The molecule has 0 unspecified atom stereocenters. The lowest BCUT2D eigenvalue weighted by Gasteiger charge is -2.01. The van der Waals surface area contributed by atoms with E-state index in [1.165, 1.54) is 23.9 Å². The molecule has 1 aromatic rings. The predicted molar refractivity (Wildman–Crippen MR) is 62.5 cm³/mol. The summed E-state index contributed by atoms with van der Waals surface area (Å²) in [7, 11) is 0. The number of rotatable bonds is 1. The Morgan fingerprint density at radius 1 is 1.67 bits per heavy atom. The molecule has 0 aliphatic heterocycles. The smallest absolute Gasteiger partial charge is 0.183 e. The van der Waals surface area contributed by atoms with Crippen LogP contribution in [0, 0.1) is 11.5 Å². The van der Waals surface area contributed by atoms with Crippen LogP contribution in [0.5, 0.6) is 5.75 Å². The van der Waals surface area contributed by atoms with Gasteiger partial charge >= 0.3 is 0 Å². The molecular formula is C9H8ClN3OS. The van der Waals surface area contributed by atoms with Gasteiger partial charge in [0, 0.05) is 0 Å². The molecule has 0 saturated carbocycles. The summed E-state index contributed by atoms with van der Waals surface area (Å²) < 4.78 is 0. The molecule has 6 heteroatoms. The molecule has 0 bridgehead atoms. The Morgan fingerprint density at radius 2 is 2.40 bits per heavy atom. The molecule has 0 aliphatic carbocycles. The Hall–Kier alpha value is -1.38. The van der Waals surface area contributed by atoms with Crippen LogP contribution >= 0.6 is 23.4 Å². The fourth-order valence-corrected chi connectivity index (χ4v) is 1.37. The molecule has 0 radical (unpaired) electrons. The van der Waals surface area contributed by atoms with Crippen molar-refractivity contribution in [2.75, 3.05) is 6.26 Å². The molecule has 0 amide bonds. The van der Waals surface area contributed by atoms with Crippen molar-refractivity contribution in [3.8, 4) is 11.9 Å². The summed E-state index contributed by atoms with van der Waals surface area (Å²) in [5.74, 6) is 0.00885. The minimum Gasteiger partial charge on any atom is -0.506 e. The maximum absolute atomic E-state index is 9.18. The molecule has 15 heavy (non-hydrogen) atoms. The number of nitrogens with one attached hydrogen (secondary N) is 1. The lowest BCUT2D eigenvalue weighted by molar-refractivity contribution is 0.475. The highest BCUT2D eigenvalue weighted by molar-refractivity contribution is 8.13. The van der Waals surface area contributed by atoms with E-state index < -0.39 is 0 Å². The van der Waals surface area contributed by atoms with E-state index >= 15 is 0 Å². The molecule has 1 aromatic carbocycles. The molecule has 0 aromatic heterocycles. The standard InChI is InChI=1S/C9H8ClN3OS/c1-15-9(12-5-11)13-6-2-3-8(14)7(10)4-6/h2-4,14H,1H3,(H,12,13). The molecule has 0 fully saturated rings. The predicted octanol–water partition coefficient (Wildman–Crippen LogP) is 2.47. The van der Waals surface area contributed by atoms with Gasteiger partial charge in [0.15, 0.2) is 11.4 Å². The van der Waals surface area contributed by atoms with Crippen molar-refractivity contribution < 1.29 is 5.11 Å². The molecule has 0 heterocycles. The number of nitriles is 1. The highest BCUT2D eigenvalue weighted by Crippen LogP contribution is 2.27. The second-order valence-corrected chi connectivity index (χ2v) is 3.70. The van der Waals surface area contributed by atoms with Crippen LogP contribution in [0.3, 0.4) is 0 Å². The summed E-state index contributed by atoms with van der Waals surface area (Å²) in [6.45, 7) is 0. The van der Waals surface area contributed by atoms with Gasteiger partial charge in [0.1, 0.15) is 5.75 Å². The van der Waals surface area contributed by atoms with Crippen LogP contribution in [0.15, 0.2) is 23.2 Å². The number of halogens is 1. The SMILES string of the molecule is CSC(=Nc1ccc(O)c(Cl)c1)NC#N. The highest BCUT2D eigenvalue weighted by atomic mass is 35.5. The zero-order valence-electron chi connectivity index (χ0n) is 7.86. The third-order valence-corrected chi connectivity index (χ3v) is 2.40. The van der Waals surface area contributed by atoms with Crippen LogP contribution in [-0.2, 0) is 0 Å². The first-order valence-corrected chi connectivity index (χ1v) is 5.54. The number of nitrogens with zero attached hydrogens (tertiary/aromatic N) is 2. The number of aliphatic imine (C=N–C) groups is 1. The van der Waals surface area contributed by atoms with Crippen LogP contribution in [0.25, 0.3) is 0 Å². The summed E-state index contributed by atoms with van der Waals surface area (Å²) in [4.78, 5) is 4.12. The highest BCUT2D eigenvalue weighted by Gasteiger charge is 2.00. The maximum Gasteiger partial charge on any atom is 0.183 e. The number of aromatic hydroxyl groups is 1. The van der Waals surface area contributed by atoms with E-state index in [0.717, 1.165) is 0 Å². The fraction of sp³-hybridized carbons (Fsp3) is 0.111. The van der Waals surface area contributed by atoms with Gasteiger partial charge in [-0.05, 0) is 24.5 Å². The van der Waals surface area contributed by atoms with Crippen molar-refractivity contribution in [1.82, 2.24) is 5.32 Å². The van der Waals surface area contributed by atoms with E-state index in [0.29, 0.717) is 10.9 Å². The van der Waals surface area contributed by atoms with E-state index in [4.69, 9.17) is 16.9 Å². The zero-order chi connectivity index (χ0) is 11.3. The minimum absolute atomic E-state index is 0.00885. The van der Waals surface area contributed by atoms with Gasteiger partial charge in [-0.1, -0.05) is 23.4 Å². The Labute approximate surface area is 96.6 Å². The topological polar surface area (TPSA) is 68.4 Å². The first-order valence-electron chi connectivity index (χ1n) is 3.93. The quantitative estimate of drug-likeness (QED) is 0.343. The molecule has 1 rings (SSSR count). The summed E-state index contributed by atoms with van der Waals surface area (Å²) in [6.07, 6.45) is 3.58. The number of thioether (sulfide) groups is 1. The van der Waals surface area contributed by atoms with E-state index in [9.17, 15) is 5.11 Å². The molecule has 78 valence electrons. The molecule has 0 spiro atoms. The fourth-order valence-electron chi connectivity index (χ4n) is 0.855. The van der Waals surface area contributed by atoms with E-state index in [1.54, 1.807) is 18.5 Å². The van der Waals surface area contributed by atoms with E-state index in [-0.39, 0.29) is 10.8 Å². The average molecular weight is 242 g/mol. The van der Waals surface area contributed by atoms with Crippen molar-refractivity contribution in [2.24, 2.45) is 4.99 Å². The van der Waals surface area contributed by atoms with Gasteiger partial charge in [-0.3, -0.25) is 5.32 Å². The zero-order valence-corrected chi connectivity index (χ0v) is 9.43. The lowest BCUT2D eigenvalue weighted by atomic mass is 10.3. The van der Waals surface area contributed by atoms with Crippen LogP contribution in [0.4, 0.5) is 5.69 Å². The minimum atomic E-state index is 0.00885. The maximum atomic E-state index is 9.18. The summed E-state index contributed by atoms with van der Waals surface area (Å²) in [5.41, 5.74) is 0.574. The van der Waals surface area contributed by atoms with E-state index in [1.807, 2.05) is 0 Å². The first-order chi connectivity index (χ1) is 7.17. The largest absolute Gasteiger partial charge is 0.506 e. The molecule has 0 saturated heterocycles. The van der Waals surface area contributed by atoms with Gasteiger partial charge in [0.25, 0.3) is 0 Å². The van der Waals surface area contributed by atoms with Gasteiger partial charge in [-0.25, -0.2) is 4.99 Å². The number of amidine groups is 1. The van der Waals surface area contributed by atoms with Crippen molar-refractivity contribution in [2.45, 2.75) is 0 Å². The summed E-state index contributed by atoms with van der Waals surface area (Å²) >= 11 is 7.02. The number of hydrogen-bond donors (Lipinski definition) is 2. The normalized spacial score (nSPS) is 10.9. The summed E-state index contributed by atoms with van der Waals surface area (Å²) in [6, 6.07) is 4.58. The first kappa shape index (κ1) is 11.7. The number of phenolic OH excluding ortho intramolecular Hbond substituents is 1. The second-order valence-electron chi connectivity index (χ2n) is 2.49. The number of hydrogen-bond acceptors (Lipinski definition) is 4. The second kappa shape index (κ2) is 5.49. The Morgan fingerprint density at radius 3 is 2.93 bits per heavy atom. The number of benzene rings is 1. The van der Waals surface area contributed by atoms with Gasteiger partial charge in [0.05, 0.1) is 10.7 Å². The van der Waals surface area contributed by atoms with Gasteiger partial charge < -0.3 is 5.11 Å². The van der Waals surface area contributed by atoms with Crippen LogP contribution in [0.1, 0.15) is 0 Å². The summed E-state index contributed by atoms with van der Waals surface area (Å²) in [5, 5.41) is 20.7. The third-order valence-electron chi connectivity index (χ3n) is 1.52. The number of phenols is 1. The van der Waals surface area contributed by atoms with Crippen LogP contribution in [0.2, 0.25) is 5.02 Å². The Kier molecular flexibility index (Phi) is 4.28. The third kappa shape index (κ3) is 3.35. The van der Waals surface area contributed by atoms with Gasteiger partial charge in [0.2, 0.25) is 0 Å². The molecule has 0 aliphatic rings. The van der Waals surface area contributed by atoms with Crippen LogP contribution in [-0.4, -0.2) is 16.5 Å². The van der Waals surface area contributed by atoms with Crippen molar-refractivity contribution in [1.29, 1.82) is 5.26 Å². The van der Waals surface area contributed by atoms with E-state index in [2.05, 4.69) is 10.3 Å². The molecule has 0 atom stereocenters. The monoisotopic (exact) mass is 241 g/mol. The Balaban J connectivity index is 2.97. The van der Waals surface area contributed by atoms with Gasteiger partial charge in [-0.2, -0.15) is 5.26 Å². The van der Waals surface area contributed by atoms with Crippen molar-refractivity contribution in [3.05, 3.63) is 23.2 Å². The molecule has 4 nitrogen and oxygen atoms in total. The average Bonchev–Trinajstić information content (AvgIpc) is 2.23.